The molecule has 1 aromatic rings. The molecule has 0 atom stereocenters. The Morgan fingerprint density at radius 3 is 2.82 bits per heavy atom. The van der Waals surface area contributed by atoms with Crippen molar-refractivity contribution in [3.63, 3.8) is 0 Å². The molecular weight excluding hydrogens is 202 g/mol. The summed E-state index contributed by atoms with van der Waals surface area (Å²) in [5, 5.41) is 0. The van der Waals surface area contributed by atoms with Crippen molar-refractivity contribution in [2.24, 2.45) is 0 Å². The highest BCUT2D eigenvalue weighted by molar-refractivity contribution is 9.11. The molecular formula is C9H6BrN. The van der Waals surface area contributed by atoms with Gasteiger partial charge in [0.15, 0.2) is 0 Å². The fourth-order valence-corrected chi connectivity index (χ4v) is 0.925. The van der Waals surface area contributed by atoms with Gasteiger partial charge in [-0.15, -0.1) is 6.42 Å². The van der Waals surface area contributed by atoms with Gasteiger partial charge in [-0.3, -0.25) is 4.98 Å². The molecule has 1 aromatic heterocycles. The van der Waals surface area contributed by atoms with E-state index in [2.05, 4.69) is 26.8 Å². The first-order valence-corrected chi connectivity index (χ1v) is 3.98. The maximum absolute atomic E-state index is 5.16. The van der Waals surface area contributed by atoms with Gasteiger partial charge in [-0.05, 0) is 23.2 Å². The third-order valence-corrected chi connectivity index (χ3v) is 1.45. The second-order valence-corrected chi connectivity index (χ2v) is 2.44. The van der Waals surface area contributed by atoms with Crippen LogP contribution in [0.15, 0.2) is 23.3 Å². The van der Waals surface area contributed by atoms with E-state index < -0.39 is 0 Å². The zero-order valence-electron chi connectivity index (χ0n) is 5.79. The molecule has 0 spiro atoms. The Labute approximate surface area is 74.3 Å². The molecule has 1 rings (SSSR count). The van der Waals surface area contributed by atoms with Crippen molar-refractivity contribution in [1.82, 2.24) is 4.98 Å². The second-order valence-electron chi connectivity index (χ2n) is 1.91. The summed E-state index contributed by atoms with van der Waals surface area (Å²) >= 11 is 3.16. The Balaban J connectivity index is 2.94. The summed E-state index contributed by atoms with van der Waals surface area (Å²) in [6.45, 7) is 0. The molecule has 1 nitrogen and oxygen atoms in total. The molecule has 0 aromatic carbocycles. The summed E-state index contributed by atoms with van der Waals surface area (Å²) in [7, 11) is 0. The highest BCUT2D eigenvalue weighted by Gasteiger charge is 1.87. The summed E-state index contributed by atoms with van der Waals surface area (Å²) in [6, 6.07) is 3.72. The van der Waals surface area contributed by atoms with Gasteiger partial charge in [0.05, 0.1) is 5.69 Å². The van der Waals surface area contributed by atoms with Crippen LogP contribution in [0, 0.1) is 12.3 Å². The lowest BCUT2D eigenvalue weighted by Crippen LogP contribution is -1.80. The largest absolute Gasteiger partial charge is 0.256 e. The first kappa shape index (κ1) is 8.03. The van der Waals surface area contributed by atoms with Crippen LogP contribution >= 0.6 is 15.9 Å². The summed E-state index contributed by atoms with van der Waals surface area (Å²) in [5.41, 5.74) is 1.69. The molecule has 0 fully saturated rings. The Morgan fingerprint density at radius 2 is 2.36 bits per heavy atom. The first-order chi connectivity index (χ1) is 5.36. The lowest BCUT2D eigenvalue weighted by molar-refractivity contribution is 1.28. The Kier molecular flexibility index (Phi) is 2.88. The van der Waals surface area contributed by atoms with Crippen molar-refractivity contribution >= 4 is 22.0 Å². The van der Waals surface area contributed by atoms with E-state index in [1.807, 2.05) is 18.2 Å². The van der Waals surface area contributed by atoms with E-state index in [9.17, 15) is 0 Å². The molecule has 54 valence electrons. The SMILES string of the molecule is C#Cc1ccc(/C=C/Br)nc1. The Morgan fingerprint density at radius 1 is 1.55 bits per heavy atom. The van der Waals surface area contributed by atoms with Crippen molar-refractivity contribution in [2.75, 3.05) is 0 Å². The average Bonchev–Trinajstić information content (AvgIpc) is 2.07. The maximum Gasteiger partial charge on any atom is 0.0635 e. The molecule has 0 N–H and O–H groups in total. The highest BCUT2D eigenvalue weighted by atomic mass is 79.9. The molecule has 0 saturated heterocycles. The van der Waals surface area contributed by atoms with Crippen molar-refractivity contribution in [3.05, 3.63) is 34.6 Å². The minimum atomic E-state index is 0.803. The Bertz CT molecular complexity index is 292. The minimum absolute atomic E-state index is 0.803. The molecule has 0 saturated carbocycles. The van der Waals surface area contributed by atoms with Crippen LogP contribution in [0.5, 0.6) is 0 Å². The average molecular weight is 208 g/mol. The van der Waals surface area contributed by atoms with E-state index >= 15 is 0 Å². The quantitative estimate of drug-likeness (QED) is 0.646. The van der Waals surface area contributed by atoms with Gasteiger partial charge >= 0.3 is 0 Å². The number of terminal acetylenes is 1. The topological polar surface area (TPSA) is 12.9 Å². The van der Waals surface area contributed by atoms with Crippen LogP contribution in [0.4, 0.5) is 0 Å². The molecule has 0 bridgehead atoms. The standard InChI is InChI=1S/C9H6BrN/c1-2-8-3-4-9(5-6-10)11-7-8/h1,3-7H/b6-5+. The molecule has 0 radical (unpaired) electrons. The lowest BCUT2D eigenvalue weighted by Gasteiger charge is -1.90. The van der Waals surface area contributed by atoms with Gasteiger partial charge in [-0.2, -0.15) is 0 Å². The van der Waals surface area contributed by atoms with Crippen molar-refractivity contribution in [2.45, 2.75) is 0 Å². The minimum Gasteiger partial charge on any atom is -0.256 e. The number of aromatic nitrogens is 1. The van der Waals surface area contributed by atoms with E-state index in [4.69, 9.17) is 6.42 Å². The van der Waals surface area contributed by atoms with Crippen LogP contribution in [-0.2, 0) is 0 Å². The van der Waals surface area contributed by atoms with Gasteiger partial charge in [-0.25, -0.2) is 0 Å². The number of hydrogen-bond donors (Lipinski definition) is 0. The monoisotopic (exact) mass is 207 g/mol. The third-order valence-electron chi connectivity index (χ3n) is 1.19. The van der Waals surface area contributed by atoms with E-state index in [0.717, 1.165) is 11.3 Å². The van der Waals surface area contributed by atoms with E-state index in [-0.39, 0.29) is 0 Å². The molecule has 0 amide bonds. The number of rotatable bonds is 1. The van der Waals surface area contributed by atoms with Gasteiger partial charge in [0.2, 0.25) is 0 Å². The van der Waals surface area contributed by atoms with Crippen LogP contribution in [0.1, 0.15) is 11.3 Å². The third kappa shape index (κ3) is 2.21. The van der Waals surface area contributed by atoms with Crippen LogP contribution < -0.4 is 0 Å². The van der Waals surface area contributed by atoms with Crippen molar-refractivity contribution in [1.29, 1.82) is 0 Å². The fraction of sp³-hybridized carbons (Fsp3) is 0. The molecule has 0 aliphatic rings. The lowest BCUT2D eigenvalue weighted by atomic mass is 10.2. The van der Waals surface area contributed by atoms with Crippen LogP contribution in [-0.4, -0.2) is 4.98 Å². The van der Waals surface area contributed by atoms with Gasteiger partial charge in [-0.1, -0.05) is 21.9 Å². The molecule has 11 heavy (non-hydrogen) atoms. The number of pyridine rings is 1. The zero-order valence-corrected chi connectivity index (χ0v) is 7.38. The van der Waals surface area contributed by atoms with Crippen LogP contribution in [0.2, 0.25) is 0 Å². The summed E-state index contributed by atoms with van der Waals surface area (Å²) < 4.78 is 0. The van der Waals surface area contributed by atoms with Crippen molar-refractivity contribution in [3.8, 4) is 12.3 Å². The fourth-order valence-electron chi connectivity index (χ4n) is 0.654. The molecule has 0 unspecified atom stereocenters. The van der Waals surface area contributed by atoms with E-state index in [1.165, 1.54) is 0 Å². The number of nitrogens with zero attached hydrogens (tertiary/aromatic N) is 1. The van der Waals surface area contributed by atoms with Gasteiger partial charge < -0.3 is 0 Å². The van der Waals surface area contributed by atoms with Gasteiger partial charge in [0, 0.05) is 11.8 Å². The predicted octanol–water partition coefficient (Wildman–Crippen LogP) is 2.43. The second kappa shape index (κ2) is 3.95. The summed E-state index contributed by atoms with van der Waals surface area (Å²) in [6.07, 6.45) is 8.67. The normalized spacial score (nSPS) is 9.82. The number of hydrogen-bond acceptors (Lipinski definition) is 1. The smallest absolute Gasteiger partial charge is 0.0635 e. The molecule has 2 heteroatoms. The van der Waals surface area contributed by atoms with Crippen LogP contribution in [0.3, 0.4) is 0 Å². The van der Waals surface area contributed by atoms with E-state index in [1.54, 1.807) is 11.2 Å². The predicted molar refractivity (Wildman–Crippen MR) is 50.1 cm³/mol. The summed E-state index contributed by atoms with van der Waals surface area (Å²) in [4.78, 5) is 5.83. The molecule has 0 aliphatic heterocycles. The van der Waals surface area contributed by atoms with Crippen LogP contribution in [0.25, 0.3) is 6.08 Å². The maximum atomic E-state index is 5.16. The van der Waals surface area contributed by atoms with E-state index in [0.29, 0.717) is 0 Å². The highest BCUT2D eigenvalue weighted by Crippen LogP contribution is 2.01. The first-order valence-electron chi connectivity index (χ1n) is 3.06. The van der Waals surface area contributed by atoms with Gasteiger partial charge in [0.25, 0.3) is 0 Å². The van der Waals surface area contributed by atoms with Gasteiger partial charge in [0.1, 0.15) is 0 Å². The zero-order chi connectivity index (χ0) is 8.10. The summed E-state index contributed by atoms with van der Waals surface area (Å²) in [5.74, 6) is 2.50. The van der Waals surface area contributed by atoms with Crippen molar-refractivity contribution < 1.29 is 0 Å². The number of halogens is 1. The molecule has 0 aliphatic carbocycles. The molecule has 1 heterocycles. The Hall–Kier alpha value is -1.07.